The van der Waals surface area contributed by atoms with Crippen LogP contribution in [0.2, 0.25) is 10.0 Å². The summed E-state index contributed by atoms with van der Waals surface area (Å²) in [5.41, 5.74) is -2.75. The summed E-state index contributed by atoms with van der Waals surface area (Å²) in [4.78, 5) is 48.0. The third kappa shape index (κ3) is 11.5. The number of carbonyl (C=O) groups excluding carboxylic acids is 3. The Morgan fingerprint density at radius 3 is 2.15 bits per heavy atom. The molecule has 0 spiro atoms. The molecule has 0 bridgehead atoms. The molecule has 0 saturated carbocycles. The van der Waals surface area contributed by atoms with Crippen LogP contribution in [0.5, 0.6) is 0 Å². The van der Waals surface area contributed by atoms with Gasteiger partial charge < -0.3 is 47.9 Å². The minimum Gasteiger partial charge on any atom is -0.458 e. The first-order chi connectivity index (χ1) is 30.3. The molecule has 16 heteroatoms. The Bertz CT molecular complexity index is 1810. The van der Waals surface area contributed by atoms with Gasteiger partial charge in [0.2, 0.25) is 0 Å². The minimum absolute atomic E-state index is 0.114. The van der Waals surface area contributed by atoms with E-state index in [9.17, 15) is 14.7 Å². The molecule has 4 fully saturated rings. The maximum atomic E-state index is 15.1. The second-order valence-corrected chi connectivity index (χ2v) is 21.2. The zero-order valence-corrected chi connectivity index (χ0v) is 42.9. The highest BCUT2D eigenvalue weighted by molar-refractivity contribution is 6.42. The fourth-order valence-electron chi connectivity index (χ4n) is 11.1. The van der Waals surface area contributed by atoms with Crippen molar-refractivity contribution in [1.29, 1.82) is 0 Å². The van der Waals surface area contributed by atoms with Crippen molar-refractivity contribution in [2.24, 2.45) is 23.7 Å². The molecule has 1 aromatic rings. The van der Waals surface area contributed by atoms with Gasteiger partial charge in [-0.3, -0.25) is 14.5 Å². The van der Waals surface area contributed by atoms with Crippen molar-refractivity contribution >= 4 is 41.0 Å². The lowest BCUT2D eigenvalue weighted by Gasteiger charge is -2.49. The number of amides is 1. The molecule has 14 nitrogen and oxygen atoms in total. The molecule has 0 unspecified atom stereocenters. The smallest absolute Gasteiger partial charge is 0.410 e. The Hall–Kier alpha value is -2.11. The number of Topliss-reactive ketones (excluding diaryl/α,β-unsaturated/α-hetero) is 1. The molecule has 1 N–H and O–H groups in total. The summed E-state index contributed by atoms with van der Waals surface area (Å²) in [5, 5.41) is 11.9. The van der Waals surface area contributed by atoms with E-state index in [1.807, 2.05) is 47.6 Å². The van der Waals surface area contributed by atoms with Crippen LogP contribution in [0.1, 0.15) is 121 Å². The zero-order chi connectivity index (χ0) is 48.5. The number of ether oxygens (including phenoxy) is 8. The van der Waals surface area contributed by atoms with E-state index in [1.165, 1.54) is 7.11 Å². The van der Waals surface area contributed by atoms with Crippen LogP contribution in [0.25, 0.3) is 0 Å². The van der Waals surface area contributed by atoms with Crippen LogP contribution in [0.3, 0.4) is 0 Å². The molecule has 0 aromatic heterocycles. The first kappa shape index (κ1) is 53.8. The molecule has 5 rings (SSSR count). The van der Waals surface area contributed by atoms with Crippen molar-refractivity contribution in [2.75, 3.05) is 27.8 Å². The van der Waals surface area contributed by atoms with E-state index in [0.717, 1.165) is 12.0 Å². The fraction of sp³-hybridized carbons (Fsp3) is 0.816. The molecule has 4 heterocycles. The van der Waals surface area contributed by atoms with Crippen molar-refractivity contribution in [3.05, 3.63) is 33.8 Å². The van der Waals surface area contributed by atoms with E-state index < -0.39 is 102 Å². The predicted octanol–water partition coefficient (Wildman–Crippen LogP) is 8.26. The number of carbonyl (C=O) groups is 3. The Kier molecular flexibility index (Phi) is 18.0. The van der Waals surface area contributed by atoms with E-state index in [4.69, 9.17) is 61.1 Å². The molecule has 17 atom stereocenters. The maximum Gasteiger partial charge on any atom is 0.410 e. The van der Waals surface area contributed by atoms with Crippen molar-refractivity contribution in [2.45, 2.75) is 206 Å². The van der Waals surface area contributed by atoms with E-state index in [1.54, 1.807) is 51.8 Å². The Balaban J connectivity index is 1.62. The molecule has 4 saturated heterocycles. The summed E-state index contributed by atoms with van der Waals surface area (Å²) in [6.45, 7) is 23.1. The number of hydrogen-bond acceptors (Lipinski definition) is 13. The number of rotatable bonds is 12. The van der Waals surface area contributed by atoms with Crippen molar-refractivity contribution in [1.82, 2.24) is 9.80 Å². The molecule has 4 aliphatic rings. The Morgan fingerprint density at radius 2 is 1.55 bits per heavy atom. The van der Waals surface area contributed by atoms with Gasteiger partial charge in [-0.1, -0.05) is 57.0 Å². The molecule has 370 valence electrons. The number of esters is 1. The number of benzene rings is 1. The van der Waals surface area contributed by atoms with Gasteiger partial charge in [0.1, 0.15) is 18.0 Å². The lowest BCUT2D eigenvalue weighted by molar-refractivity contribution is -0.309. The number of halogens is 2. The number of aliphatic hydroxyl groups excluding tert-OH is 1. The molecule has 0 radical (unpaired) electrons. The normalized spacial score (nSPS) is 41.3. The number of hydrogen-bond donors (Lipinski definition) is 1. The molecule has 4 aliphatic heterocycles. The quantitative estimate of drug-likeness (QED) is 0.200. The molecule has 0 aliphatic carbocycles. The van der Waals surface area contributed by atoms with Crippen molar-refractivity contribution < 1.29 is 57.4 Å². The summed E-state index contributed by atoms with van der Waals surface area (Å²) >= 11 is 12.6. The first-order valence-corrected chi connectivity index (χ1v) is 24.4. The number of nitrogens with zero attached hydrogens (tertiary/aromatic N) is 2. The lowest BCUT2D eigenvalue weighted by Crippen LogP contribution is -2.60. The predicted molar refractivity (Wildman–Crippen MR) is 248 cm³/mol. The molecular formula is C49H78Cl2N2O12. The monoisotopic (exact) mass is 956 g/mol. The third-order valence-corrected chi connectivity index (χ3v) is 16.1. The van der Waals surface area contributed by atoms with Crippen LogP contribution >= 0.6 is 23.2 Å². The summed E-state index contributed by atoms with van der Waals surface area (Å²) in [6.07, 6.45) is -4.14. The van der Waals surface area contributed by atoms with E-state index in [2.05, 4.69) is 25.8 Å². The third-order valence-electron chi connectivity index (χ3n) is 15.3. The van der Waals surface area contributed by atoms with Gasteiger partial charge in [-0.2, -0.15) is 0 Å². The Morgan fingerprint density at radius 1 is 0.892 bits per heavy atom. The average Bonchev–Trinajstić information content (AvgIpc) is 3.52. The Labute approximate surface area is 397 Å². The number of methoxy groups -OCH3 is 2. The summed E-state index contributed by atoms with van der Waals surface area (Å²) in [7, 11) is 5.26. The number of aliphatic hydroxyl groups is 1. The van der Waals surface area contributed by atoms with Crippen molar-refractivity contribution in [3.63, 3.8) is 0 Å². The highest BCUT2D eigenvalue weighted by Gasteiger charge is 2.60. The standard InChI is InChI=1S/C49H78Cl2N2O12/c1-16-37-49(12)42(53(46(57)65-49)20-19-33-17-18-35(50)36(51)22-33)29(6)40(54)27(4)24-48(11,59-15)44(64-38-23-34(21-28(5)60-38)52(13)26(2)3)30(7)41(31(8)45(56)62-37)63-39-25-47(10,58-14)43(55)32(9)61-39/h17-18,22,26-32,34,37-39,41-44,55H,16,19-21,23-25H2,1-15H3/t27-,28-,29-,30+,31-,32+,34+,37+,38+,39+,41+,42-,43+,44-,47-,48+,49-/m1/s1. The van der Waals surface area contributed by atoms with Gasteiger partial charge in [-0.25, -0.2) is 4.79 Å². The van der Waals surface area contributed by atoms with E-state index in [0.29, 0.717) is 22.9 Å². The first-order valence-electron chi connectivity index (χ1n) is 23.6. The fourth-order valence-corrected chi connectivity index (χ4v) is 11.4. The largest absolute Gasteiger partial charge is 0.458 e. The van der Waals surface area contributed by atoms with Gasteiger partial charge in [0.25, 0.3) is 0 Å². The highest BCUT2D eigenvalue weighted by atomic mass is 35.5. The van der Waals surface area contributed by atoms with Gasteiger partial charge in [0, 0.05) is 63.4 Å². The van der Waals surface area contributed by atoms with Crippen LogP contribution in [0.15, 0.2) is 18.2 Å². The topological polar surface area (TPSA) is 152 Å². The number of cyclic esters (lactones) is 1. The molecule has 65 heavy (non-hydrogen) atoms. The molecule has 1 aromatic carbocycles. The van der Waals surface area contributed by atoms with Crippen LogP contribution in [-0.4, -0.2) is 145 Å². The second-order valence-electron chi connectivity index (χ2n) is 20.3. The second kappa shape index (κ2) is 21.7. The van der Waals surface area contributed by atoms with Gasteiger partial charge >= 0.3 is 12.1 Å². The van der Waals surface area contributed by atoms with Crippen LogP contribution in [0, 0.1) is 23.7 Å². The van der Waals surface area contributed by atoms with Gasteiger partial charge in [0.05, 0.1) is 57.6 Å². The average molecular weight is 958 g/mol. The van der Waals surface area contributed by atoms with Crippen LogP contribution in [0.4, 0.5) is 4.79 Å². The summed E-state index contributed by atoms with van der Waals surface area (Å²) < 4.78 is 52.2. The van der Waals surface area contributed by atoms with E-state index >= 15 is 4.79 Å². The highest BCUT2D eigenvalue weighted by Crippen LogP contribution is 2.45. The van der Waals surface area contributed by atoms with Crippen LogP contribution in [-0.2, 0) is 53.9 Å². The number of fused-ring (bicyclic) bond motifs is 1. The van der Waals surface area contributed by atoms with Crippen LogP contribution < -0.4 is 0 Å². The van der Waals surface area contributed by atoms with Gasteiger partial charge in [0.15, 0.2) is 18.2 Å². The van der Waals surface area contributed by atoms with Gasteiger partial charge in [-0.05, 0) is 106 Å². The lowest BCUT2D eigenvalue weighted by atomic mass is 9.73. The molecule has 1 amide bonds. The minimum atomic E-state index is -1.43. The van der Waals surface area contributed by atoms with Crippen molar-refractivity contribution in [3.8, 4) is 0 Å². The molecular weight excluding hydrogens is 879 g/mol. The van der Waals surface area contributed by atoms with E-state index in [-0.39, 0.29) is 49.8 Å². The SMILES string of the molecule is CC[C@@H]1OC(=O)[C@H](C)[C@@H](O[C@H]2C[C@@](C)(OC)[C@@H](O)[C@H](C)O2)[C@H](C)[C@@H](O[C@H]2C[C@@H](N(C)C(C)C)C[C@@H](C)O2)[C@@](C)(OC)C[C@@H](C)C(=O)[C@@H](C)[C@H]2N(CCc3ccc(Cl)c(Cl)c3)C(=O)O[C@]12C. The van der Waals surface area contributed by atoms with Gasteiger partial charge in [-0.15, -0.1) is 0 Å². The summed E-state index contributed by atoms with van der Waals surface area (Å²) in [6, 6.07) is 4.95. The summed E-state index contributed by atoms with van der Waals surface area (Å²) in [5.74, 6) is -3.64. The number of ketones is 1. The zero-order valence-electron chi connectivity index (χ0n) is 41.4. The maximum absolute atomic E-state index is 15.1.